The molecule has 3 aromatic carbocycles. The molecule has 0 bridgehead atoms. The molecule has 1 aromatic heterocycles. The van der Waals surface area contributed by atoms with Gasteiger partial charge in [0.1, 0.15) is 47.8 Å². The highest BCUT2D eigenvalue weighted by molar-refractivity contribution is 5.89. The van der Waals surface area contributed by atoms with Crippen molar-refractivity contribution in [1.29, 1.82) is 0 Å². The fourth-order valence-corrected chi connectivity index (χ4v) is 4.48. The maximum atomic E-state index is 12.8. The lowest BCUT2D eigenvalue weighted by atomic mass is 9.99. The van der Waals surface area contributed by atoms with Gasteiger partial charge in [0.05, 0.1) is 0 Å². The smallest absolute Gasteiger partial charge is 0.330 e. The van der Waals surface area contributed by atoms with E-state index in [1.54, 1.807) is 0 Å². The average molecular weight is 627 g/mol. The molecule has 0 aliphatic carbocycles. The summed E-state index contributed by atoms with van der Waals surface area (Å²) < 4.78 is 21.7. The number of aliphatic hydroxyl groups excluding tert-OH is 3. The molecule has 5 atom stereocenters. The van der Waals surface area contributed by atoms with Gasteiger partial charge in [-0.2, -0.15) is 0 Å². The number of phenols is 6. The molecule has 0 amide bonds. The summed E-state index contributed by atoms with van der Waals surface area (Å²) >= 11 is 0. The predicted molar refractivity (Wildman–Crippen MR) is 152 cm³/mol. The molecule has 15 nitrogen and oxygen atoms in total. The molecule has 0 saturated carbocycles. The van der Waals surface area contributed by atoms with Crippen LogP contribution in [0.1, 0.15) is 5.56 Å². The van der Waals surface area contributed by atoms with Crippen LogP contribution in [-0.2, 0) is 14.3 Å². The number of benzene rings is 3. The number of hydrogen-bond acceptors (Lipinski definition) is 15. The summed E-state index contributed by atoms with van der Waals surface area (Å²) in [7, 11) is 0. The molecule has 236 valence electrons. The highest BCUT2D eigenvalue weighted by Crippen LogP contribution is 2.43. The van der Waals surface area contributed by atoms with Crippen molar-refractivity contribution in [3.8, 4) is 51.6 Å². The number of hydrogen-bond donors (Lipinski definition) is 9. The third kappa shape index (κ3) is 6.27. The number of carbonyl (C=O) groups excluding carboxylic acids is 1. The third-order valence-electron chi connectivity index (χ3n) is 6.90. The summed E-state index contributed by atoms with van der Waals surface area (Å²) in [6.07, 6.45) is -6.56. The SMILES string of the molecule is O=C(/C=C/c1ccc(O)c(O)c1)OC[C@@H]1O[C@H](Oc2cc3oc(-c4ccc(O)c(O)c4)cc(=O)c3c(O)c2O)[C@@H](O)[C@H](O)[C@H]1O. The van der Waals surface area contributed by atoms with E-state index < -0.39 is 88.6 Å². The van der Waals surface area contributed by atoms with Gasteiger partial charge in [0.2, 0.25) is 12.0 Å². The van der Waals surface area contributed by atoms with Crippen LogP contribution < -0.4 is 10.2 Å². The second kappa shape index (κ2) is 12.3. The minimum Gasteiger partial charge on any atom is -0.504 e. The Labute approximate surface area is 251 Å². The van der Waals surface area contributed by atoms with Gasteiger partial charge >= 0.3 is 5.97 Å². The third-order valence-corrected chi connectivity index (χ3v) is 6.90. The lowest BCUT2D eigenvalue weighted by molar-refractivity contribution is -0.278. The van der Waals surface area contributed by atoms with Crippen LogP contribution in [0.4, 0.5) is 0 Å². The number of phenolic OH excluding ortho intramolecular Hbond substituents is 6. The lowest BCUT2D eigenvalue weighted by Gasteiger charge is -2.39. The predicted octanol–water partition coefficient (Wildman–Crippen LogP) is 1.14. The van der Waals surface area contributed by atoms with E-state index in [2.05, 4.69) is 0 Å². The summed E-state index contributed by atoms with van der Waals surface area (Å²) in [5, 5.41) is 90.3. The van der Waals surface area contributed by atoms with Gasteiger partial charge in [0.25, 0.3) is 0 Å². The van der Waals surface area contributed by atoms with Gasteiger partial charge in [0, 0.05) is 23.8 Å². The first-order valence-electron chi connectivity index (χ1n) is 13.1. The van der Waals surface area contributed by atoms with Crippen molar-refractivity contribution >= 4 is 23.0 Å². The van der Waals surface area contributed by atoms with Gasteiger partial charge in [-0.3, -0.25) is 4.79 Å². The first-order valence-corrected chi connectivity index (χ1v) is 13.1. The first-order chi connectivity index (χ1) is 21.3. The van der Waals surface area contributed by atoms with E-state index in [4.69, 9.17) is 18.6 Å². The molecule has 4 aromatic rings. The summed E-state index contributed by atoms with van der Waals surface area (Å²) in [6, 6.07) is 9.41. The molecule has 1 aliphatic rings. The maximum absolute atomic E-state index is 12.8. The fraction of sp³-hybridized carbons (Fsp3) is 0.200. The molecule has 1 fully saturated rings. The van der Waals surface area contributed by atoms with Gasteiger partial charge in [0.15, 0.2) is 39.9 Å². The minimum atomic E-state index is -1.91. The summed E-state index contributed by atoms with van der Waals surface area (Å²) in [6.45, 7) is -0.637. The number of fused-ring (bicyclic) bond motifs is 1. The van der Waals surface area contributed by atoms with Crippen LogP contribution in [0.25, 0.3) is 28.4 Å². The van der Waals surface area contributed by atoms with E-state index in [1.807, 2.05) is 0 Å². The van der Waals surface area contributed by atoms with Crippen molar-refractivity contribution in [2.75, 3.05) is 6.61 Å². The van der Waals surface area contributed by atoms with E-state index in [-0.39, 0.29) is 22.7 Å². The Morgan fingerprint density at radius 2 is 1.49 bits per heavy atom. The van der Waals surface area contributed by atoms with Crippen molar-refractivity contribution in [3.05, 3.63) is 70.4 Å². The molecule has 0 unspecified atom stereocenters. The number of ether oxygens (including phenoxy) is 3. The molecule has 45 heavy (non-hydrogen) atoms. The van der Waals surface area contributed by atoms with Crippen molar-refractivity contribution in [3.63, 3.8) is 0 Å². The topological polar surface area (TPSA) is 257 Å². The molecule has 15 heteroatoms. The molecule has 5 rings (SSSR count). The second-order valence-electron chi connectivity index (χ2n) is 9.97. The molecule has 1 aliphatic heterocycles. The van der Waals surface area contributed by atoms with Gasteiger partial charge in [-0.15, -0.1) is 0 Å². The quantitative estimate of drug-likeness (QED) is 0.0791. The van der Waals surface area contributed by atoms with Gasteiger partial charge < -0.3 is 64.6 Å². The van der Waals surface area contributed by atoms with E-state index >= 15 is 0 Å². The van der Waals surface area contributed by atoms with Crippen LogP contribution >= 0.6 is 0 Å². The minimum absolute atomic E-state index is 0.0931. The lowest BCUT2D eigenvalue weighted by Crippen LogP contribution is -2.60. The van der Waals surface area contributed by atoms with Crippen LogP contribution in [0.15, 0.2) is 63.8 Å². The van der Waals surface area contributed by atoms with E-state index in [1.165, 1.54) is 30.3 Å². The molecular weight excluding hydrogens is 600 g/mol. The van der Waals surface area contributed by atoms with Gasteiger partial charge in [-0.1, -0.05) is 6.07 Å². The van der Waals surface area contributed by atoms with E-state index in [0.717, 1.165) is 30.3 Å². The number of rotatable bonds is 7. The largest absolute Gasteiger partial charge is 0.504 e. The Balaban J connectivity index is 1.35. The number of esters is 1. The Morgan fingerprint density at radius 3 is 2.18 bits per heavy atom. The van der Waals surface area contributed by atoms with Crippen LogP contribution in [0, 0.1) is 0 Å². The monoisotopic (exact) mass is 626 g/mol. The zero-order valence-electron chi connectivity index (χ0n) is 22.8. The second-order valence-corrected chi connectivity index (χ2v) is 9.97. The van der Waals surface area contributed by atoms with E-state index in [9.17, 15) is 55.5 Å². The van der Waals surface area contributed by atoms with Crippen molar-refractivity contribution in [2.24, 2.45) is 0 Å². The van der Waals surface area contributed by atoms with Crippen molar-refractivity contribution in [2.45, 2.75) is 30.7 Å². The molecule has 1 saturated heterocycles. The normalized spacial score (nSPS) is 21.6. The maximum Gasteiger partial charge on any atom is 0.330 e. The number of aliphatic hydroxyl groups is 3. The first kappa shape index (κ1) is 31.0. The van der Waals surface area contributed by atoms with Crippen LogP contribution in [0.5, 0.6) is 40.2 Å². The fourth-order valence-electron chi connectivity index (χ4n) is 4.48. The van der Waals surface area contributed by atoms with Crippen LogP contribution in [0.2, 0.25) is 0 Å². The molecule has 2 heterocycles. The van der Waals surface area contributed by atoms with Gasteiger partial charge in [-0.05, 0) is 42.0 Å². The van der Waals surface area contributed by atoms with E-state index in [0.29, 0.717) is 5.56 Å². The standard InChI is InChI=1S/C30H26O15/c31-14-4-1-12(7-16(14)33)2-6-23(36)42-11-22-26(38)28(40)29(41)30(45-22)44-21-10-20-24(27(39)25(21)37)18(35)9-19(43-20)13-3-5-15(32)17(34)8-13/h1-10,22,26,28-34,37-41H,11H2/b6-2+/t22-,26-,28+,29-,30-/m0/s1. The summed E-state index contributed by atoms with van der Waals surface area (Å²) in [5.74, 6) is -5.15. The highest BCUT2D eigenvalue weighted by Gasteiger charge is 2.46. The molecule has 9 N–H and O–H groups in total. The zero-order valence-corrected chi connectivity index (χ0v) is 22.8. The van der Waals surface area contributed by atoms with Crippen molar-refractivity contribution in [1.82, 2.24) is 0 Å². The summed E-state index contributed by atoms with van der Waals surface area (Å²) in [4.78, 5) is 25.0. The Morgan fingerprint density at radius 1 is 0.800 bits per heavy atom. The van der Waals surface area contributed by atoms with Crippen molar-refractivity contribution < 1.29 is 69.4 Å². The number of carbonyl (C=O) groups is 1. The highest BCUT2D eigenvalue weighted by atomic mass is 16.7. The molecule has 0 radical (unpaired) electrons. The Bertz CT molecular complexity index is 1850. The Kier molecular flexibility index (Phi) is 8.43. The van der Waals surface area contributed by atoms with Crippen LogP contribution in [-0.4, -0.2) is 89.2 Å². The molecular formula is C30H26O15. The van der Waals surface area contributed by atoms with Gasteiger partial charge in [-0.25, -0.2) is 4.79 Å². The van der Waals surface area contributed by atoms with Crippen LogP contribution in [0.3, 0.4) is 0 Å². The molecule has 0 spiro atoms. The Hall–Kier alpha value is -5.48. The average Bonchev–Trinajstić information content (AvgIpc) is 3.00. The number of aromatic hydroxyl groups is 6. The summed E-state index contributed by atoms with van der Waals surface area (Å²) in [5.41, 5.74) is -0.564. The zero-order chi connectivity index (χ0) is 32.6.